The first kappa shape index (κ1) is 22.5. The second-order valence-corrected chi connectivity index (χ2v) is 7.40. The predicted molar refractivity (Wildman–Crippen MR) is 101 cm³/mol. The second-order valence-electron chi connectivity index (χ2n) is 7.40. The van der Waals surface area contributed by atoms with Gasteiger partial charge in [0, 0.05) is 6.42 Å². The van der Waals surface area contributed by atoms with E-state index >= 15 is 0 Å². The Balaban J connectivity index is 3.01. The summed E-state index contributed by atoms with van der Waals surface area (Å²) < 4.78 is 0. The molecule has 0 aliphatic heterocycles. The summed E-state index contributed by atoms with van der Waals surface area (Å²) in [7, 11) is 0. The van der Waals surface area contributed by atoms with Gasteiger partial charge in [-0.1, -0.05) is 110 Å². The number of unbranched alkanes of at least 4 members (excludes halogenated alkanes) is 13. The summed E-state index contributed by atoms with van der Waals surface area (Å²) in [6.07, 6.45) is 21.6. The van der Waals surface area contributed by atoms with Crippen LogP contribution in [-0.4, -0.2) is 11.1 Å². The maximum Gasteiger partial charge on any atom is 0.303 e. The van der Waals surface area contributed by atoms with Crippen molar-refractivity contribution in [1.29, 1.82) is 0 Å². The van der Waals surface area contributed by atoms with Gasteiger partial charge >= 0.3 is 5.97 Å². The molecule has 0 aromatic heterocycles. The van der Waals surface area contributed by atoms with Gasteiger partial charge in [-0.05, 0) is 12.3 Å². The van der Waals surface area contributed by atoms with E-state index in [1.54, 1.807) is 0 Å². The van der Waals surface area contributed by atoms with Gasteiger partial charge < -0.3 is 5.11 Å². The SMILES string of the molecule is CC[C@H](C)CCCCCCCCCCCCCCCCC(=O)O. The van der Waals surface area contributed by atoms with Gasteiger partial charge in [0.1, 0.15) is 0 Å². The monoisotopic (exact) mass is 326 g/mol. The highest BCUT2D eigenvalue weighted by Crippen LogP contribution is 2.16. The fourth-order valence-electron chi connectivity index (χ4n) is 3.09. The molecule has 0 aromatic rings. The summed E-state index contributed by atoms with van der Waals surface area (Å²) >= 11 is 0. The van der Waals surface area contributed by atoms with Crippen LogP contribution in [0.25, 0.3) is 0 Å². The van der Waals surface area contributed by atoms with Crippen LogP contribution in [0.3, 0.4) is 0 Å². The lowest BCUT2D eigenvalue weighted by Gasteiger charge is -2.07. The molecule has 0 heterocycles. The molecule has 0 aliphatic carbocycles. The van der Waals surface area contributed by atoms with E-state index in [-0.39, 0.29) is 0 Å². The van der Waals surface area contributed by atoms with Crippen molar-refractivity contribution in [3.05, 3.63) is 0 Å². The molecule has 0 radical (unpaired) electrons. The van der Waals surface area contributed by atoms with Gasteiger partial charge in [-0.3, -0.25) is 4.79 Å². The molecule has 0 unspecified atom stereocenters. The zero-order chi connectivity index (χ0) is 17.2. The van der Waals surface area contributed by atoms with Gasteiger partial charge in [-0.25, -0.2) is 0 Å². The summed E-state index contributed by atoms with van der Waals surface area (Å²) in [4.78, 5) is 10.4. The first-order chi connectivity index (χ1) is 11.2. The van der Waals surface area contributed by atoms with Crippen molar-refractivity contribution in [2.75, 3.05) is 0 Å². The molecule has 0 saturated heterocycles. The van der Waals surface area contributed by atoms with E-state index in [1.165, 1.54) is 89.9 Å². The van der Waals surface area contributed by atoms with Gasteiger partial charge in [0.2, 0.25) is 0 Å². The van der Waals surface area contributed by atoms with Crippen molar-refractivity contribution in [2.24, 2.45) is 5.92 Å². The first-order valence-corrected chi connectivity index (χ1v) is 10.4. The Kier molecular flexibility index (Phi) is 17.4. The lowest BCUT2D eigenvalue weighted by molar-refractivity contribution is -0.137. The number of carbonyl (C=O) groups is 1. The van der Waals surface area contributed by atoms with E-state index in [2.05, 4.69) is 13.8 Å². The van der Waals surface area contributed by atoms with Crippen molar-refractivity contribution < 1.29 is 9.90 Å². The highest BCUT2D eigenvalue weighted by molar-refractivity contribution is 5.66. The van der Waals surface area contributed by atoms with Crippen LogP contribution in [0.5, 0.6) is 0 Å². The Labute approximate surface area is 145 Å². The molecule has 0 amide bonds. The Bertz CT molecular complexity index is 250. The van der Waals surface area contributed by atoms with Crippen LogP contribution >= 0.6 is 0 Å². The van der Waals surface area contributed by atoms with E-state index < -0.39 is 5.97 Å². The maximum absolute atomic E-state index is 10.4. The molecule has 2 nitrogen and oxygen atoms in total. The molecule has 1 N–H and O–H groups in total. The van der Waals surface area contributed by atoms with Crippen molar-refractivity contribution in [3.8, 4) is 0 Å². The minimum atomic E-state index is -0.652. The van der Waals surface area contributed by atoms with Crippen LogP contribution in [0.2, 0.25) is 0 Å². The number of hydrogen-bond acceptors (Lipinski definition) is 1. The van der Waals surface area contributed by atoms with Crippen LogP contribution in [0.15, 0.2) is 0 Å². The lowest BCUT2D eigenvalue weighted by Crippen LogP contribution is -1.93. The van der Waals surface area contributed by atoms with Crippen LogP contribution in [-0.2, 0) is 4.79 Å². The second kappa shape index (κ2) is 17.8. The molecule has 23 heavy (non-hydrogen) atoms. The zero-order valence-corrected chi connectivity index (χ0v) is 16.0. The number of rotatable bonds is 18. The summed E-state index contributed by atoms with van der Waals surface area (Å²) in [5.41, 5.74) is 0. The van der Waals surface area contributed by atoms with Crippen LogP contribution in [0, 0.1) is 5.92 Å². The Hall–Kier alpha value is -0.530. The van der Waals surface area contributed by atoms with Crippen molar-refractivity contribution >= 4 is 5.97 Å². The lowest BCUT2D eigenvalue weighted by atomic mass is 9.99. The van der Waals surface area contributed by atoms with Crippen molar-refractivity contribution in [1.82, 2.24) is 0 Å². The standard InChI is InChI=1S/C21H42O2/c1-3-20(2)18-16-14-12-10-8-6-4-5-7-9-11-13-15-17-19-21(22)23/h20H,3-19H2,1-2H3,(H,22,23)/t20-/m0/s1. The summed E-state index contributed by atoms with van der Waals surface area (Å²) in [6, 6.07) is 0. The number of carboxylic acid groups (broad SMARTS) is 1. The predicted octanol–water partition coefficient (Wildman–Crippen LogP) is 7.36. The normalized spacial score (nSPS) is 12.4. The third kappa shape index (κ3) is 19.4. The van der Waals surface area contributed by atoms with E-state index in [4.69, 9.17) is 5.11 Å². The van der Waals surface area contributed by atoms with Crippen molar-refractivity contribution in [2.45, 2.75) is 123 Å². The van der Waals surface area contributed by atoms with Gasteiger partial charge in [0.05, 0.1) is 0 Å². The number of carboxylic acids is 1. The molecule has 0 spiro atoms. The summed E-state index contributed by atoms with van der Waals surface area (Å²) in [5.74, 6) is 0.271. The Morgan fingerprint density at radius 1 is 0.696 bits per heavy atom. The highest BCUT2D eigenvalue weighted by atomic mass is 16.4. The van der Waals surface area contributed by atoms with Gasteiger partial charge in [-0.15, -0.1) is 0 Å². The highest BCUT2D eigenvalue weighted by Gasteiger charge is 1.99. The fraction of sp³-hybridized carbons (Fsp3) is 0.952. The van der Waals surface area contributed by atoms with Crippen LogP contribution < -0.4 is 0 Å². The molecule has 138 valence electrons. The first-order valence-electron chi connectivity index (χ1n) is 10.4. The van der Waals surface area contributed by atoms with Crippen LogP contribution in [0.4, 0.5) is 0 Å². The van der Waals surface area contributed by atoms with Gasteiger partial charge in [0.25, 0.3) is 0 Å². The molecule has 0 rings (SSSR count). The molecular weight excluding hydrogens is 284 g/mol. The Morgan fingerprint density at radius 2 is 1.04 bits per heavy atom. The summed E-state index contributed by atoms with van der Waals surface area (Å²) in [5, 5.41) is 8.55. The largest absolute Gasteiger partial charge is 0.481 e. The van der Waals surface area contributed by atoms with E-state index in [9.17, 15) is 4.79 Å². The quantitative estimate of drug-likeness (QED) is 0.267. The van der Waals surface area contributed by atoms with E-state index in [1.807, 2.05) is 0 Å². The zero-order valence-electron chi connectivity index (χ0n) is 16.0. The number of hydrogen-bond donors (Lipinski definition) is 1. The average Bonchev–Trinajstić information content (AvgIpc) is 2.53. The number of aliphatic carboxylic acids is 1. The third-order valence-electron chi connectivity index (χ3n) is 5.03. The molecule has 0 aliphatic rings. The fourth-order valence-corrected chi connectivity index (χ4v) is 3.09. The molecule has 1 atom stereocenters. The molecule has 0 aromatic carbocycles. The van der Waals surface area contributed by atoms with E-state index in [0.717, 1.165) is 18.8 Å². The van der Waals surface area contributed by atoms with Gasteiger partial charge in [0.15, 0.2) is 0 Å². The molecule has 0 bridgehead atoms. The van der Waals surface area contributed by atoms with E-state index in [0.29, 0.717) is 6.42 Å². The molecule has 2 heteroatoms. The average molecular weight is 327 g/mol. The maximum atomic E-state index is 10.4. The van der Waals surface area contributed by atoms with Crippen molar-refractivity contribution in [3.63, 3.8) is 0 Å². The minimum Gasteiger partial charge on any atom is -0.481 e. The van der Waals surface area contributed by atoms with Gasteiger partial charge in [-0.2, -0.15) is 0 Å². The molecule has 0 fully saturated rings. The third-order valence-corrected chi connectivity index (χ3v) is 5.03. The smallest absolute Gasteiger partial charge is 0.303 e. The summed E-state index contributed by atoms with van der Waals surface area (Å²) in [6.45, 7) is 4.67. The molecule has 0 saturated carbocycles. The topological polar surface area (TPSA) is 37.3 Å². The minimum absolute atomic E-state index is 0.345. The Morgan fingerprint density at radius 3 is 1.39 bits per heavy atom. The van der Waals surface area contributed by atoms with Crippen LogP contribution in [0.1, 0.15) is 123 Å². The molecular formula is C21H42O2.